The number of nitrogens with zero attached hydrogens (tertiary/aromatic N) is 1. The van der Waals surface area contributed by atoms with Gasteiger partial charge in [0.2, 0.25) is 11.8 Å². The van der Waals surface area contributed by atoms with Gasteiger partial charge in [-0.15, -0.1) is 0 Å². The predicted molar refractivity (Wildman–Crippen MR) is 141 cm³/mol. The minimum absolute atomic E-state index is 0.243. The number of H-pyrrole nitrogens is 1. The maximum Gasteiger partial charge on any atom is 0.323 e. The van der Waals surface area contributed by atoms with Gasteiger partial charge in [-0.05, 0) is 37.3 Å². The van der Waals surface area contributed by atoms with E-state index in [9.17, 15) is 29.1 Å². The molecule has 0 spiro atoms. The molecule has 0 aliphatic carbocycles. The number of thioether (sulfide) groups is 1. The smallest absolute Gasteiger partial charge is 0.323 e. The quantitative estimate of drug-likeness (QED) is 0.366. The zero-order valence-electron chi connectivity index (χ0n) is 19.7. The monoisotopic (exact) mass is 573 g/mol. The topological polar surface area (TPSA) is 146 Å². The van der Waals surface area contributed by atoms with Crippen molar-refractivity contribution in [1.82, 2.24) is 9.88 Å². The number of imide groups is 1. The number of rotatable bonds is 7. The summed E-state index contributed by atoms with van der Waals surface area (Å²) >= 11 is 8.24. The van der Waals surface area contributed by atoms with Crippen molar-refractivity contribution in [3.8, 4) is 5.75 Å². The van der Waals surface area contributed by atoms with E-state index >= 15 is 0 Å². The molecule has 196 valence electrons. The average Bonchev–Trinajstić information content (AvgIpc) is 3.35. The Morgan fingerprint density at radius 2 is 1.87 bits per heavy atom. The lowest BCUT2D eigenvalue weighted by molar-refractivity contribution is -0.149. The number of aryl methyl sites for hydroxylation is 1. The summed E-state index contributed by atoms with van der Waals surface area (Å²) in [5.74, 6) is -4.61. The number of fused-ring (bicyclic) bond motifs is 2. The van der Waals surface area contributed by atoms with Gasteiger partial charge in [-0.1, -0.05) is 52.4 Å². The zero-order valence-corrected chi connectivity index (χ0v) is 22.1. The Kier molecular flexibility index (Phi) is 7.03. The lowest BCUT2D eigenvalue weighted by atomic mass is 9.82. The summed E-state index contributed by atoms with van der Waals surface area (Å²) < 4.78 is 5.86. The molecule has 2 aliphatic heterocycles. The zero-order chi connectivity index (χ0) is 27.1. The van der Waals surface area contributed by atoms with Crippen molar-refractivity contribution in [2.45, 2.75) is 23.1 Å². The Labute approximate surface area is 228 Å². The van der Waals surface area contributed by atoms with Gasteiger partial charge in [0.1, 0.15) is 17.5 Å². The van der Waals surface area contributed by atoms with E-state index in [1.54, 1.807) is 30.3 Å². The molecule has 3 aromatic rings. The molecule has 38 heavy (non-hydrogen) atoms. The number of amides is 3. The van der Waals surface area contributed by atoms with Crippen LogP contribution in [0.5, 0.6) is 5.75 Å². The fourth-order valence-electron chi connectivity index (χ4n) is 4.57. The summed E-state index contributed by atoms with van der Waals surface area (Å²) in [6.45, 7) is 0.813. The standard InChI is InChI=1S/C25H20ClN3O7S2/c1-11-2-5-13(6-3-11)27-16(30)10-36-15-7-4-12(26)8-14(15)18-19-21(37-22-20(18)38-25(35)28-22)24(34)29(23(19)33)9-17(31)32/h2-8,18-19,21H,9-10H2,1H3,(H,27,30)(H,28,35)(H,31,32)/t18-,19?,21?/m1/s1. The number of halogens is 1. The number of aliphatic carboxylic acids is 1. The molecule has 3 N–H and O–H groups in total. The van der Waals surface area contributed by atoms with Crippen molar-refractivity contribution in [3.05, 3.63) is 73.2 Å². The fraction of sp³-hybridized carbons (Fsp3) is 0.240. The molecule has 5 rings (SSSR count). The number of aromatic nitrogens is 1. The maximum atomic E-state index is 13.4. The molecule has 10 nitrogen and oxygen atoms in total. The Morgan fingerprint density at radius 1 is 1.13 bits per heavy atom. The Bertz CT molecular complexity index is 1520. The molecule has 2 aliphatic rings. The summed E-state index contributed by atoms with van der Waals surface area (Å²) in [4.78, 5) is 66.2. The third kappa shape index (κ3) is 4.94. The van der Waals surface area contributed by atoms with Gasteiger partial charge in [0, 0.05) is 27.1 Å². The van der Waals surface area contributed by atoms with Crippen LogP contribution in [0, 0.1) is 12.8 Å². The number of carboxylic acids is 1. The highest BCUT2D eigenvalue weighted by Crippen LogP contribution is 2.54. The number of likely N-dealkylation sites (tertiary alicyclic amines) is 1. The van der Waals surface area contributed by atoms with E-state index in [2.05, 4.69) is 10.3 Å². The molecule has 1 aromatic heterocycles. The number of hydrogen-bond donors (Lipinski definition) is 3. The number of benzene rings is 2. The number of hydrogen-bond acceptors (Lipinski definition) is 8. The highest BCUT2D eigenvalue weighted by molar-refractivity contribution is 8.00. The third-order valence-electron chi connectivity index (χ3n) is 6.21. The predicted octanol–water partition coefficient (Wildman–Crippen LogP) is 3.09. The lowest BCUT2D eigenvalue weighted by Gasteiger charge is -2.31. The summed E-state index contributed by atoms with van der Waals surface area (Å²) in [7, 11) is 0. The highest BCUT2D eigenvalue weighted by atomic mass is 35.5. The maximum absolute atomic E-state index is 13.4. The molecule has 3 atom stereocenters. The van der Waals surface area contributed by atoms with E-state index in [4.69, 9.17) is 16.3 Å². The van der Waals surface area contributed by atoms with Gasteiger partial charge in [0.05, 0.1) is 10.9 Å². The van der Waals surface area contributed by atoms with Crippen LogP contribution in [0.4, 0.5) is 5.69 Å². The van der Waals surface area contributed by atoms with E-state index < -0.39 is 47.3 Å². The van der Waals surface area contributed by atoms with Crippen LogP contribution in [-0.4, -0.2) is 57.1 Å². The third-order valence-corrected chi connectivity index (χ3v) is 8.85. The van der Waals surface area contributed by atoms with Crippen LogP contribution in [0.15, 0.2) is 52.3 Å². The molecule has 2 aromatic carbocycles. The molecule has 13 heteroatoms. The second-order valence-corrected chi connectivity index (χ2v) is 11.4. The number of carbonyl (C=O) groups excluding carboxylic acids is 3. The van der Waals surface area contributed by atoms with Crippen LogP contribution < -0.4 is 14.9 Å². The molecule has 1 fully saturated rings. The first-order valence-corrected chi connectivity index (χ1v) is 13.4. The number of thiazole rings is 1. The molecular weight excluding hydrogens is 554 g/mol. The van der Waals surface area contributed by atoms with Gasteiger partial charge < -0.3 is 20.1 Å². The number of anilines is 1. The first kappa shape index (κ1) is 26.0. The van der Waals surface area contributed by atoms with Crippen LogP contribution in [0.2, 0.25) is 5.02 Å². The minimum Gasteiger partial charge on any atom is -0.483 e. The Balaban J connectivity index is 1.49. The normalized spacial score (nSPS) is 20.2. The van der Waals surface area contributed by atoms with Crippen molar-refractivity contribution < 1.29 is 29.0 Å². The number of ether oxygens (including phenoxy) is 1. The van der Waals surface area contributed by atoms with Crippen LogP contribution in [0.3, 0.4) is 0 Å². The summed E-state index contributed by atoms with van der Waals surface area (Å²) in [6.07, 6.45) is 0. The Hall–Kier alpha value is -3.61. The summed E-state index contributed by atoms with van der Waals surface area (Å²) in [5, 5.41) is 11.8. The van der Waals surface area contributed by atoms with Crippen molar-refractivity contribution in [2.75, 3.05) is 18.5 Å². The average molecular weight is 574 g/mol. The summed E-state index contributed by atoms with van der Waals surface area (Å²) in [5.41, 5.74) is 2.05. The lowest BCUT2D eigenvalue weighted by Crippen LogP contribution is -2.36. The van der Waals surface area contributed by atoms with Gasteiger partial charge >= 0.3 is 10.8 Å². The highest BCUT2D eigenvalue weighted by Gasteiger charge is 2.56. The first-order valence-electron chi connectivity index (χ1n) is 11.4. The van der Waals surface area contributed by atoms with E-state index in [1.165, 1.54) is 0 Å². The number of carbonyl (C=O) groups is 4. The summed E-state index contributed by atoms with van der Waals surface area (Å²) in [6, 6.07) is 11.9. The van der Waals surface area contributed by atoms with Crippen molar-refractivity contribution >= 4 is 64.1 Å². The number of aromatic amines is 1. The van der Waals surface area contributed by atoms with E-state index in [-0.39, 0.29) is 17.2 Å². The number of nitrogens with one attached hydrogen (secondary N) is 2. The molecule has 3 heterocycles. The number of carboxylic acid groups (broad SMARTS) is 1. The van der Waals surface area contributed by atoms with Crippen LogP contribution in [-0.2, 0) is 19.2 Å². The molecule has 1 saturated heterocycles. The SMILES string of the molecule is Cc1ccc(NC(=O)COc2ccc(Cl)cc2[C@H]2c3sc(=O)[nH]c3SC3C(=O)N(CC(=O)O)C(=O)C32)cc1. The minimum atomic E-state index is -1.32. The van der Waals surface area contributed by atoms with Crippen LogP contribution in [0.1, 0.15) is 21.9 Å². The van der Waals surface area contributed by atoms with E-state index in [0.29, 0.717) is 26.2 Å². The van der Waals surface area contributed by atoms with E-state index in [0.717, 1.165) is 33.6 Å². The molecular formula is C25H20ClN3O7S2. The largest absolute Gasteiger partial charge is 0.483 e. The van der Waals surface area contributed by atoms with Gasteiger partial charge in [0.15, 0.2) is 6.61 Å². The van der Waals surface area contributed by atoms with Crippen molar-refractivity contribution in [1.29, 1.82) is 0 Å². The van der Waals surface area contributed by atoms with Gasteiger partial charge in [-0.2, -0.15) is 0 Å². The van der Waals surface area contributed by atoms with E-state index in [1.807, 2.05) is 19.1 Å². The Morgan fingerprint density at radius 3 is 2.58 bits per heavy atom. The fourth-order valence-corrected chi connectivity index (χ4v) is 7.28. The van der Waals surface area contributed by atoms with Crippen LogP contribution in [0.25, 0.3) is 0 Å². The molecule has 3 amide bonds. The first-order chi connectivity index (χ1) is 18.1. The van der Waals surface area contributed by atoms with Gasteiger partial charge in [-0.3, -0.25) is 28.9 Å². The van der Waals surface area contributed by atoms with Crippen molar-refractivity contribution in [2.24, 2.45) is 5.92 Å². The van der Waals surface area contributed by atoms with Gasteiger partial charge in [0.25, 0.3) is 5.91 Å². The molecule has 0 saturated carbocycles. The second-order valence-electron chi connectivity index (χ2n) is 8.79. The molecule has 0 radical (unpaired) electrons. The molecule has 2 unspecified atom stereocenters. The second kappa shape index (κ2) is 10.3. The van der Waals surface area contributed by atoms with Crippen molar-refractivity contribution in [3.63, 3.8) is 0 Å². The van der Waals surface area contributed by atoms with Crippen LogP contribution >= 0.6 is 34.7 Å². The van der Waals surface area contributed by atoms with Gasteiger partial charge in [-0.25, -0.2) is 0 Å². The molecule has 0 bridgehead atoms.